The Balaban J connectivity index is 2.99. The third-order valence-electron chi connectivity index (χ3n) is 1.26. The molecule has 0 aromatic rings. The minimum atomic E-state index is -0.355. The summed E-state index contributed by atoms with van der Waals surface area (Å²) >= 11 is 0. The monoisotopic (exact) mass is 188 g/mol. The topological polar surface area (TPSA) is 44.8 Å². The number of methoxy groups -OCH3 is 1. The van der Waals surface area contributed by atoms with Crippen LogP contribution in [0.3, 0.4) is 0 Å². The predicted octanol–water partition coefficient (Wildman–Crippen LogP) is 0.769. The van der Waals surface area contributed by atoms with Crippen LogP contribution in [0.4, 0.5) is 0 Å². The van der Waals surface area contributed by atoms with E-state index < -0.39 is 0 Å². The van der Waals surface area contributed by atoms with Gasteiger partial charge in [-0.15, -0.1) is 6.58 Å². The predicted molar refractivity (Wildman–Crippen MR) is 48.5 cm³/mol. The molecule has 0 saturated heterocycles. The largest absolute Gasteiger partial charge is 0.467 e. The van der Waals surface area contributed by atoms with Gasteiger partial charge in [0, 0.05) is 13.2 Å². The maximum absolute atomic E-state index is 10.6. The molecule has 0 amide bonds. The normalized spacial score (nSPS) is 9.62. The van der Waals surface area contributed by atoms with Crippen molar-refractivity contribution >= 4 is 5.97 Å². The quantitative estimate of drug-likeness (QED) is 0.320. The van der Waals surface area contributed by atoms with E-state index in [1.807, 2.05) is 0 Å². The molecule has 0 unspecified atom stereocenters. The maximum Gasteiger partial charge on any atom is 0.331 e. The molecule has 0 atom stereocenters. The van der Waals surface area contributed by atoms with E-state index in [2.05, 4.69) is 11.3 Å². The van der Waals surface area contributed by atoms with Gasteiger partial charge in [-0.1, -0.05) is 6.08 Å². The summed E-state index contributed by atoms with van der Waals surface area (Å²) in [5.41, 5.74) is 0. The smallest absolute Gasteiger partial charge is 0.331 e. The molecule has 0 aliphatic rings. The van der Waals surface area contributed by atoms with Crippen molar-refractivity contribution in [3.63, 3.8) is 0 Å². The molecule has 76 valence electrons. The fourth-order valence-electron chi connectivity index (χ4n) is 0.644. The zero-order chi connectivity index (χ0) is 9.94. The molecule has 4 heteroatoms. The van der Waals surface area contributed by atoms with Gasteiger partial charge in [-0.25, -0.2) is 4.79 Å². The molecule has 0 aliphatic carbocycles. The first-order valence-electron chi connectivity index (χ1n) is 4.14. The van der Waals surface area contributed by atoms with Gasteiger partial charge in [0.15, 0.2) is 0 Å². The highest BCUT2D eigenvalue weighted by molar-refractivity contribution is 5.70. The van der Waals surface area contributed by atoms with Gasteiger partial charge in [0.05, 0.1) is 13.7 Å². The second-order valence-electron chi connectivity index (χ2n) is 2.35. The molecule has 0 heterocycles. The van der Waals surface area contributed by atoms with Gasteiger partial charge in [-0.3, -0.25) is 0 Å². The molecule has 0 N–H and O–H groups in total. The molecule has 0 bridgehead atoms. The van der Waals surface area contributed by atoms with E-state index in [1.54, 1.807) is 6.08 Å². The van der Waals surface area contributed by atoms with Crippen LogP contribution in [0.25, 0.3) is 0 Å². The Labute approximate surface area is 78.5 Å². The van der Waals surface area contributed by atoms with Gasteiger partial charge in [0.25, 0.3) is 0 Å². The van der Waals surface area contributed by atoms with Crippen molar-refractivity contribution in [2.75, 3.05) is 33.5 Å². The summed E-state index contributed by atoms with van der Waals surface area (Å²) in [4.78, 5) is 10.6. The lowest BCUT2D eigenvalue weighted by Gasteiger charge is -2.02. The minimum absolute atomic E-state index is 0.0119. The number of carbonyl (C=O) groups is 1. The highest BCUT2D eigenvalue weighted by Crippen LogP contribution is 1.86. The number of ether oxygens (including phenoxy) is 3. The lowest BCUT2D eigenvalue weighted by atomic mass is 10.5. The second-order valence-corrected chi connectivity index (χ2v) is 2.35. The van der Waals surface area contributed by atoms with E-state index >= 15 is 0 Å². The Morgan fingerprint density at radius 1 is 1.38 bits per heavy atom. The third kappa shape index (κ3) is 9.04. The SMILES string of the molecule is C=CCOCCCOCC(=O)OC. The van der Waals surface area contributed by atoms with Gasteiger partial charge < -0.3 is 14.2 Å². The summed E-state index contributed by atoms with van der Waals surface area (Å²) < 4.78 is 14.5. The third-order valence-corrected chi connectivity index (χ3v) is 1.26. The molecule has 0 rings (SSSR count). The molecule has 0 aromatic carbocycles. The molecular weight excluding hydrogens is 172 g/mol. The van der Waals surface area contributed by atoms with Crippen molar-refractivity contribution in [2.45, 2.75) is 6.42 Å². The van der Waals surface area contributed by atoms with Crippen molar-refractivity contribution in [3.8, 4) is 0 Å². The highest BCUT2D eigenvalue weighted by atomic mass is 16.6. The van der Waals surface area contributed by atoms with E-state index in [0.29, 0.717) is 19.8 Å². The van der Waals surface area contributed by atoms with E-state index in [4.69, 9.17) is 9.47 Å². The van der Waals surface area contributed by atoms with Gasteiger partial charge in [-0.05, 0) is 6.42 Å². The van der Waals surface area contributed by atoms with Crippen LogP contribution in [0.5, 0.6) is 0 Å². The first kappa shape index (κ1) is 12.1. The van der Waals surface area contributed by atoms with Crippen molar-refractivity contribution in [3.05, 3.63) is 12.7 Å². The molecule has 4 nitrogen and oxygen atoms in total. The van der Waals surface area contributed by atoms with E-state index in [1.165, 1.54) is 7.11 Å². The summed E-state index contributed by atoms with van der Waals surface area (Å²) in [5.74, 6) is -0.355. The average Bonchev–Trinajstić information content (AvgIpc) is 2.16. The number of carbonyl (C=O) groups excluding carboxylic acids is 1. The summed E-state index contributed by atoms with van der Waals surface area (Å²) in [6, 6.07) is 0. The fourth-order valence-corrected chi connectivity index (χ4v) is 0.644. The Morgan fingerprint density at radius 3 is 2.69 bits per heavy atom. The van der Waals surface area contributed by atoms with E-state index in [9.17, 15) is 4.79 Å². The van der Waals surface area contributed by atoms with Crippen LogP contribution in [-0.4, -0.2) is 39.5 Å². The second kappa shape index (κ2) is 9.22. The Morgan fingerprint density at radius 2 is 2.08 bits per heavy atom. The molecule has 0 saturated carbocycles. The van der Waals surface area contributed by atoms with Crippen LogP contribution < -0.4 is 0 Å². The van der Waals surface area contributed by atoms with Crippen molar-refractivity contribution in [1.82, 2.24) is 0 Å². The zero-order valence-corrected chi connectivity index (χ0v) is 7.95. The molecule has 0 radical (unpaired) electrons. The summed E-state index contributed by atoms with van der Waals surface area (Å²) in [7, 11) is 1.33. The van der Waals surface area contributed by atoms with Crippen LogP contribution in [0.15, 0.2) is 12.7 Å². The van der Waals surface area contributed by atoms with Crippen LogP contribution in [0.1, 0.15) is 6.42 Å². The van der Waals surface area contributed by atoms with Gasteiger partial charge in [0.1, 0.15) is 6.61 Å². The van der Waals surface area contributed by atoms with E-state index in [0.717, 1.165) is 6.42 Å². The Bertz CT molecular complexity index is 145. The summed E-state index contributed by atoms with van der Waals surface area (Å²) in [6.45, 7) is 5.20. The van der Waals surface area contributed by atoms with Gasteiger partial charge in [0.2, 0.25) is 0 Å². The van der Waals surface area contributed by atoms with Crippen LogP contribution in [-0.2, 0) is 19.0 Å². The molecule has 0 aromatic heterocycles. The molecule has 0 spiro atoms. The molecule has 0 fully saturated rings. The van der Waals surface area contributed by atoms with Crippen LogP contribution >= 0.6 is 0 Å². The average molecular weight is 188 g/mol. The number of hydrogen-bond acceptors (Lipinski definition) is 4. The van der Waals surface area contributed by atoms with Crippen LogP contribution in [0, 0.1) is 0 Å². The Kier molecular flexibility index (Phi) is 8.60. The van der Waals surface area contributed by atoms with Gasteiger partial charge in [-0.2, -0.15) is 0 Å². The first-order valence-corrected chi connectivity index (χ1v) is 4.14. The Hall–Kier alpha value is -0.870. The standard InChI is InChI=1S/C9H16O4/c1-3-5-12-6-4-7-13-8-9(10)11-2/h3H,1,4-8H2,2H3. The van der Waals surface area contributed by atoms with E-state index in [-0.39, 0.29) is 12.6 Å². The summed E-state index contributed by atoms with van der Waals surface area (Å²) in [5, 5.41) is 0. The maximum atomic E-state index is 10.6. The zero-order valence-electron chi connectivity index (χ0n) is 7.95. The highest BCUT2D eigenvalue weighted by Gasteiger charge is 1.98. The molecule has 0 aliphatic heterocycles. The minimum Gasteiger partial charge on any atom is -0.467 e. The number of esters is 1. The summed E-state index contributed by atoms with van der Waals surface area (Å²) in [6.07, 6.45) is 2.46. The van der Waals surface area contributed by atoms with Crippen LogP contribution in [0.2, 0.25) is 0 Å². The lowest BCUT2D eigenvalue weighted by molar-refractivity contribution is -0.146. The fraction of sp³-hybridized carbons (Fsp3) is 0.667. The number of hydrogen-bond donors (Lipinski definition) is 0. The molecule has 13 heavy (non-hydrogen) atoms. The lowest BCUT2D eigenvalue weighted by Crippen LogP contribution is -2.11. The first-order chi connectivity index (χ1) is 6.31. The van der Waals surface area contributed by atoms with Crippen molar-refractivity contribution in [2.24, 2.45) is 0 Å². The molecular formula is C9H16O4. The van der Waals surface area contributed by atoms with Crippen molar-refractivity contribution in [1.29, 1.82) is 0 Å². The number of rotatable bonds is 8. The van der Waals surface area contributed by atoms with Gasteiger partial charge >= 0.3 is 5.97 Å². The van der Waals surface area contributed by atoms with Crippen molar-refractivity contribution < 1.29 is 19.0 Å².